The Hall–Kier alpha value is -3.60. The molecular formula is C38H35NP2. The number of hydrogen-bond acceptors (Lipinski definition) is 1. The van der Waals surface area contributed by atoms with Crippen LogP contribution in [0.5, 0.6) is 0 Å². The zero-order valence-corrected chi connectivity index (χ0v) is 25.4. The maximum atomic E-state index is 2.44. The molecule has 0 heterocycles. The van der Waals surface area contributed by atoms with Crippen molar-refractivity contribution >= 4 is 42.4 Å². The van der Waals surface area contributed by atoms with Gasteiger partial charge >= 0.3 is 0 Å². The molecule has 1 nitrogen and oxygen atoms in total. The van der Waals surface area contributed by atoms with Crippen molar-refractivity contribution in [1.82, 2.24) is 4.90 Å². The predicted octanol–water partition coefficient (Wildman–Crippen LogP) is 7.05. The molecule has 0 radical (unpaired) electrons. The highest BCUT2D eigenvalue weighted by Crippen LogP contribution is 2.50. The largest absolute Gasteiger partial charge is 0.299 e. The van der Waals surface area contributed by atoms with Crippen molar-refractivity contribution in [2.45, 2.75) is 11.7 Å². The standard InChI is InChI=1S/C38H35NP2/c1-39(2)38(35-27-17-29-37(35)41(32-22-11-5-12-23-32)33-24-13-6-14-25-33)34-26-15-16-28-36(34)40(30-18-7-3-8-19-30)31-20-9-4-10-21-31/h3-29,37-38H,1-2H3/t37?,38-/m1/s1. The van der Waals surface area contributed by atoms with Crippen LogP contribution in [0.2, 0.25) is 0 Å². The summed E-state index contributed by atoms with van der Waals surface area (Å²) in [5.41, 5.74) is 3.18. The maximum absolute atomic E-state index is 2.44. The van der Waals surface area contributed by atoms with Crippen LogP contribution >= 0.6 is 15.8 Å². The van der Waals surface area contributed by atoms with Crippen LogP contribution in [0.25, 0.3) is 0 Å². The van der Waals surface area contributed by atoms with Gasteiger partial charge in [-0.3, -0.25) is 4.90 Å². The van der Waals surface area contributed by atoms with Gasteiger partial charge in [-0.1, -0.05) is 164 Å². The summed E-state index contributed by atoms with van der Waals surface area (Å²) in [6.45, 7) is 0. The molecule has 0 saturated heterocycles. The Balaban J connectivity index is 1.48. The van der Waals surface area contributed by atoms with E-state index in [0.717, 1.165) is 0 Å². The summed E-state index contributed by atoms with van der Waals surface area (Å²) in [4.78, 5) is 2.41. The molecule has 1 aliphatic rings. The second-order valence-corrected chi connectivity index (χ2v) is 15.0. The van der Waals surface area contributed by atoms with Gasteiger partial charge in [0.25, 0.3) is 0 Å². The molecule has 2 atom stereocenters. The summed E-state index contributed by atoms with van der Waals surface area (Å²) >= 11 is 0. The van der Waals surface area contributed by atoms with Crippen molar-refractivity contribution in [2.75, 3.05) is 14.1 Å². The van der Waals surface area contributed by atoms with E-state index in [1.165, 1.54) is 37.7 Å². The van der Waals surface area contributed by atoms with Gasteiger partial charge in [-0.15, -0.1) is 0 Å². The van der Waals surface area contributed by atoms with Gasteiger partial charge < -0.3 is 0 Å². The van der Waals surface area contributed by atoms with E-state index in [1.807, 2.05) is 0 Å². The first-order chi connectivity index (χ1) is 20.2. The van der Waals surface area contributed by atoms with Crippen LogP contribution in [0.3, 0.4) is 0 Å². The minimum atomic E-state index is -0.725. The van der Waals surface area contributed by atoms with E-state index < -0.39 is 15.8 Å². The van der Waals surface area contributed by atoms with Crippen molar-refractivity contribution in [3.63, 3.8) is 0 Å². The Bertz CT molecular complexity index is 1530. The fourth-order valence-electron chi connectivity index (χ4n) is 5.88. The minimum Gasteiger partial charge on any atom is -0.299 e. The molecule has 0 saturated carbocycles. The van der Waals surface area contributed by atoms with Gasteiger partial charge in [0.15, 0.2) is 0 Å². The lowest BCUT2D eigenvalue weighted by Crippen LogP contribution is -2.33. The lowest BCUT2D eigenvalue weighted by molar-refractivity contribution is 0.337. The maximum Gasteiger partial charge on any atom is 0.0575 e. The Labute approximate surface area is 247 Å². The van der Waals surface area contributed by atoms with Gasteiger partial charge in [0.1, 0.15) is 0 Å². The van der Waals surface area contributed by atoms with Gasteiger partial charge in [-0.25, -0.2) is 0 Å². The fraction of sp³-hybridized carbons (Fsp3) is 0.105. The van der Waals surface area contributed by atoms with Gasteiger partial charge in [0.2, 0.25) is 0 Å². The minimum absolute atomic E-state index is 0.154. The number of rotatable bonds is 9. The van der Waals surface area contributed by atoms with Crippen LogP contribution < -0.4 is 26.5 Å². The number of nitrogens with zero attached hydrogens (tertiary/aromatic N) is 1. The topological polar surface area (TPSA) is 3.24 Å². The third-order valence-electron chi connectivity index (χ3n) is 7.60. The summed E-state index contributed by atoms with van der Waals surface area (Å²) < 4.78 is 0. The zero-order valence-electron chi connectivity index (χ0n) is 23.6. The number of benzene rings is 5. The normalized spacial score (nSPS) is 15.4. The van der Waals surface area contributed by atoms with E-state index in [9.17, 15) is 0 Å². The zero-order chi connectivity index (χ0) is 28.0. The first kappa shape index (κ1) is 27.6. The molecule has 0 bridgehead atoms. The summed E-state index contributed by atoms with van der Waals surface area (Å²) in [5, 5.41) is 7.01. The van der Waals surface area contributed by atoms with Crippen LogP contribution in [-0.4, -0.2) is 24.7 Å². The van der Waals surface area contributed by atoms with E-state index >= 15 is 0 Å². The monoisotopic (exact) mass is 567 g/mol. The van der Waals surface area contributed by atoms with E-state index in [4.69, 9.17) is 0 Å². The summed E-state index contributed by atoms with van der Waals surface area (Å²) in [7, 11) is 3.12. The summed E-state index contributed by atoms with van der Waals surface area (Å²) in [5.74, 6) is 0. The summed E-state index contributed by atoms with van der Waals surface area (Å²) in [6.07, 6.45) is 7.12. The lowest BCUT2D eigenvalue weighted by atomic mass is 9.96. The van der Waals surface area contributed by atoms with Gasteiger partial charge in [0, 0.05) is 5.66 Å². The molecule has 0 amide bonds. The lowest BCUT2D eigenvalue weighted by Gasteiger charge is -2.36. The van der Waals surface area contributed by atoms with E-state index in [0.29, 0.717) is 5.66 Å². The molecule has 0 aromatic heterocycles. The highest BCUT2D eigenvalue weighted by Gasteiger charge is 2.35. The van der Waals surface area contributed by atoms with E-state index in [1.54, 1.807) is 0 Å². The van der Waals surface area contributed by atoms with E-state index in [-0.39, 0.29) is 6.04 Å². The molecule has 5 aromatic rings. The average molecular weight is 568 g/mol. The van der Waals surface area contributed by atoms with Crippen molar-refractivity contribution in [2.24, 2.45) is 0 Å². The molecule has 1 unspecified atom stereocenters. The van der Waals surface area contributed by atoms with Crippen molar-refractivity contribution < 1.29 is 0 Å². The molecule has 1 aliphatic carbocycles. The Morgan fingerprint density at radius 2 is 0.976 bits per heavy atom. The van der Waals surface area contributed by atoms with Crippen molar-refractivity contribution in [1.29, 1.82) is 0 Å². The van der Waals surface area contributed by atoms with Crippen molar-refractivity contribution in [3.05, 3.63) is 175 Å². The predicted molar refractivity (Wildman–Crippen MR) is 182 cm³/mol. The van der Waals surface area contributed by atoms with Crippen LogP contribution in [-0.2, 0) is 0 Å². The Kier molecular flexibility index (Phi) is 8.69. The van der Waals surface area contributed by atoms with Gasteiger partial charge in [-0.05, 0) is 67.6 Å². The van der Waals surface area contributed by atoms with Crippen LogP contribution in [0, 0.1) is 0 Å². The molecular weight excluding hydrogens is 532 g/mol. The van der Waals surface area contributed by atoms with Crippen molar-refractivity contribution in [3.8, 4) is 0 Å². The first-order valence-corrected chi connectivity index (χ1v) is 16.9. The Morgan fingerprint density at radius 1 is 0.537 bits per heavy atom. The quantitative estimate of drug-likeness (QED) is 0.173. The summed E-state index contributed by atoms with van der Waals surface area (Å²) in [6, 6.07) is 53.6. The molecule has 6 rings (SSSR count). The molecule has 202 valence electrons. The molecule has 41 heavy (non-hydrogen) atoms. The molecule has 0 fully saturated rings. The highest BCUT2D eigenvalue weighted by atomic mass is 31.1. The SMILES string of the molecule is CN(C)[C@@H](C1=CC=CC1P(c1ccccc1)c1ccccc1)c1ccccc1P(c1ccccc1)c1ccccc1. The fourth-order valence-corrected chi connectivity index (χ4v) is 11.1. The third kappa shape index (κ3) is 5.91. The molecule has 0 spiro atoms. The molecule has 0 N–H and O–H groups in total. The van der Waals surface area contributed by atoms with E-state index in [2.05, 4.69) is 183 Å². The number of allylic oxidation sites excluding steroid dienone is 3. The molecule has 3 heteroatoms. The average Bonchev–Trinajstić information content (AvgIpc) is 3.49. The Morgan fingerprint density at radius 3 is 1.46 bits per heavy atom. The molecule has 5 aromatic carbocycles. The van der Waals surface area contributed by atoms with Gasteiger partial charge in [0.05, 0.1) is 6.04 Å². The second kappa shape index (κ2) is 12.9. The van der Waals surface area contributed by atoms with Crippen LogP contribution in [0.4, 0.5) is 0 Å². The number of likely N-dealkylation sites (N-methyl/N-ethyl adjacent to an activating group) is 1. The second-order valence-electron chi connectivity index (χ2n) is 10.5. The first-order valence-electron chi connectivity index (χ1n) is 14.2. The number of hydrogen-bond donors (Lipinski definition) is 0. The van der Waals surface area contributed by atoms with Gasteiger partial charge in [-0.2, -0.15) is 0 Å². The van der Waals surface area contributed by atoms with Crippen LogP contribution in [0.15, 0.2) is 169 Å². The molecule has 0 aliphatic heterocycles. The smallest absolute Gasteiger partial charge is 0.0575 e. The third-order valence-corrected chi connectivity index (χ3v) is 12.9. The highest BCUT2D eigenvalue weighted by molar-refractivity contribution is 7.80. The van der Waals surface area contributed by atoms with Crippen LogP contribution in [0.1, 0.15) is 11.6 Å².